The Bertz CT molecular complexity index is 1120. The van der Waals surface area contributed by atoms with E-state index in [0.29, 0.717) is 6.42 Å². The van der Waals surface area contributed by atoms with Crippen LogP contribution in [0.25, 0.3) is 5.53 Å². The van der Waals surface area contributed by atoms with Gasteiger partial charge in [0.1, 0.15) is 6.61 Å². The minimum absolute atomic E-state index is 0.0897. The Balaban J connectivity index is 1.72. The highest BCUT2D eigenvalue weighted by Gasteiger charge is 2.27. The number of alkyl carbamates (subject to hydrolysis) is 1. The zero-order chi connectivity index (χ0) is 24.9. The number of carbonyl (C=O) groups is 2. The quantitative estimate of drug-likeness (QED) is 0.253. The SMILES string of the molecule is [N-]=[N+]=CC(=O)N(Cc1ccccc1)C[C@@H](O)C(Cc1ccccc1)NC(=O)OCc1ccccc1. The van der Waals surface area contributed by atoms with Gasteiger partial charge in [0.2, 0.25) is 0 Å². The van der Waals surface area contributed by atoms with Crippen LogP contribution in [0.15, 0.2) is 91.0 Å². The molecule has 3 aromatic carbocycles. The molecule has 2 amide bonds. The second-order valence-electron chi connectivity index (χ2n) is 8.02. The summed E-state index contributed by atoms with van der Waals surface area (Å²) < 4.78 is 5.34. The zero-order valence-corrected chi connectivity index (χ0v) is 19.2. The van der Waals surface area contributed by atoms with Crippen LogP contribution in [-0.4, -0.2) is 51.7 Å². The molecule has 0 saturated heterocycles. The van der Waals surface area contributed by atoms with Crippen molar-refractivity contribution >= 4 is 18.2 Å². The Morgan fingerprint density at radius 3 is 2.03 bits per heavy atom. The molecule has 3 rings (SSSR count). The summed E-state index contributed by atoms with van der Waals surface area (Å²) in [6, 6.07) is 27.2. The van der Waals surface area contributed by atoms with Crippen molar-refractivity contribution in [3.05, 3.63) is 113 Å². The number of rotatable bonds is 11. The van der Waals surface area contributed by atoms with E-state index in [1.165, 1.54) is 4.90 Å². The van der Waals surface area contributed by atoms with Crippen molar-refractivity contribution in [2.24, 2.45) is 0 Å². The van der Waals surface area contributed by atoms with E-state index >= 15 is 0 Å². The van der Waals surface area contributed by atoms with E-state index in [4.69, 9.17) is 10.3 Å². The van der Waals surface area contributed by atoms with Crippen LogP contribution in [-0.2, 0) is 29.1 Å². The third-order valence-electron chi connectivity index (χ3n) is 5.38. The minimum Gasteiger partial charge on any atom is -0.445 e. The summed E-state index contributed by atoms with van der Waals surface area (Å²) in [6.07, 6.45) is -0.696. The standard InChI is InChI=1S/C27H28N4O4/c28-29-17-26(33)31(18-22-12-6-2-7-13-22)19-25(32)24(16-21-10-4-1-5-11-21)30-27(34)35-20-23-14-8-3-9-15-23/h1-15,17,24-25,32H,16,18-20H2,(H,30,34)/t24?,25-/m1/s1. The van der Waals surface area contributed by atoms with Crippen LogP contribution in [0.5, 0.6) is 0 Å². The normalized spacial score (nSPS) is 12.0. The third kappa shape index (κ3) is 8.55. The number of hydrogen-bond acceptors (Lipinski definition) is 4. The fourth-order valence-corrected chi connectivity index (χ4v) is 3.59. The number of hydrogen-bond donors (Lipinski definition) is 2. The lowest BCUT2D eigenvalue weighted by atomic mass is 10.0. The first-order chi connectivity index (χ1) is 17.0. The molecule has 180 valence electrons. The predicted octanol–water partition coefficient (Wildman–Crippen LogP) is 3.21. The Morgan fingerprint density at radius 2 is 1.46 bits per heavy atom. The molecule has 0 fully saturated rings. The predicted molar refractivity (Wildman–Crippen MR) is 131 cm³/mol. The number of nitrogens with zero attached hydrogens (tertiary/aromatic N) is 3. The zero-order valence-electron chi connectivity index (χ0n) is 19.2. The smallest absolute Gasteiger partial charge is 0.407 e. The van der Waals surface area contributed by atoms with Crippen molar-refractivity contribution in [3.8, 4) is 0 Å². The van der Waals surface area contributed by atoms with Crippen molar-refractivity contribution in [3.63, 3.8) is 0 Å². The molecule has 8 nitrogen and oxygen atoms in total. The van der Waals surface area contributed by atoms with E-state index in [2.05, 4.69) is 10.1 Å². The lowest BCUT2D eigenvalue weighted by Gasteiger charge is -2.29. The largest absolute Gasteiger partial charge is 0.445 e. The van der Waals surface area contributed by atoms with Gasteiger partial charge in [0, 0.05) is 13.1 Å². The van der Waals surface area contributed by atoms with Crippen LogP contribution in [0.2, 0.25) is 0 Å². The van der Waals surface area contributed by atoms with Crippen molar-refractivity contribution in [2.45, 2.75) is 31.7 Å². The Labute approximate surface area is 204 Å². The van der Waals surface area contributed by atoms with Crippen molar-refractivity contribution in [1.29, 1.82) is 0 Å². The number of nitrogens with one attached hydrogen (secondary N) is 1. The molecule has 0 bridgehead atoms. The second kappa shape index (κ2) is 13.4. The van der Waals surface area contributed by atoms with E-state index in [-0.39, 0.29) is 19.7 Å². The maximum atomic E-state index is 12.6. The Kier molecular flexibility index (Phi) is 9.75. The maximum Gasteiger partial charge on any atom is 0.407 e. The van der Waals surface area contributed by atoms with Crippen molar-refractivity contribution in [1.82, 2.24) is 10.2 Å². The summed E-state index contributed by atoms with van der Waals surface area (Å²) in [5, 5.41) is 13.8. The molecular formula is C27H28N4O4. The Morgan fingerprint density at radius 1 is 0.914 bits per heavy atom. The number of carbonyl (C=O) groups excluding carboxylic acids is 2. The molecule has 0 aliphatic carbocycles. The van der Waals surface area contributed by atoms with Gasteiger partial charge < -0.3 is 25.6 Å². The van der Waals surface area contributed by atoms with E-state index in [0.717, 1.165) is 22.9 Å². The maximum absolute atomic E-state index is 12.6. The molecule has 0 spiro atoms. The number of ether oxygens (including phenoxy) is 1. The molecule has 0 aliphatic heterocycles. The minimum atomic E-state index is -1.13. The van der Waals surface area contributed by atoms with Gasteiger partial charge in [-0.1, -0.05) is 91.0 Å². The van der Waals surface area contributed by atoms with Gasteiger partial charge >= 0.3 is 18.2 Å². The van der Waals surface area contributed by atoms with E-state index in [1.807, 2.05) is 91.0 Å². The lowest BCUT2D eigenvalue weighted by Crippen LogP contribution is -2.50. The van der Waals surface area contributed by atoms with Gasteiger partial charge in [-0.2, -0.15) is 4.79 Å². The lowest BCUT2D eigenvalue weighted by molar-refractivity contribution is -0.129. The van der Waals surface area contributed by atoms with Crippen LogP contribution < -0.4 is 5.32 Å². The molecule has 2 N–H and O–H groups in total. The number of aliphatic hydroxyl groups is 1. The fourth-order valence-electron chi connectivity index (χ4n) is 3.59. The molecule has 0 aliphatic rings. The van der Waals surface area contributed by atoms with Crippen LogP contribution in [0.4, 0.5) is 4.79 Å². The molecule has 2 atom stereocenters. The topological polar surface area (TPSA) is 115 Å². The van der Waals surface area contributed by atoms with Crippen LogP contribution in [0.1, 0.15) is 16.7 Å². The summed E-state index contributed by atoms with van der Waals surface area (Å²) in [5.74, 6) is -0.569. The summed E-state index contributed by atoms with van der Waals surface area (Å²) in [4.78, 5) is 29.3. The van der Waals surface area contributed by atoms with Crippen molar-refractivity contribution in [2.75, 3.05) is 6.54 Å². The second-order valence-corrected chi connectivity index (χ2v) is 8.02. The summed E-state index contributed by atoms with van der Waals surface area (Å²) in [5.41, 5.74) is 11.4. The third-order valence-corrected chi connectivity index (χ3v) is 5.38. The molecular weight excluding hydrogens is 444 g/mol. The average Bonchev–Trinajstić information content (AvgIpc) is 2.88. The van der Waals surface area contributed by atoms with Gasteiger partial charge in [-0.3, -0.25) is 4.79 Å². The fraction of sp³-hybridized carbons (Fsp3) is 0.222. The van der Waals surface area contributed by atoms with Gasteiger partial charge in [-0.25, -0.2) is 4.79 Å². The summed E-state index contributed by atoms with van der Waals surface area (Å²) in [7, 11) is 0. The van der Waals surface area contributed by atoms with Gasteiger partial charge in [0.25, 0.3) is 0 Å². The number of benzene rings is 3. The van der Waals surface area contributed by atoms with E-state index < -0.39 is 24.1 Å². The highest BCUT2D eigenvalue weighted by atomic mass is 16.5. The van der Waals surface area contributed by atoms with Gasteiger partial charge in [0.15, 0.2) is 0 Å². The van der Waals surface area contributed by atoms with Crippen LogP contribution >= 0.6 is 0 Å². The van der Waals surface area contributed by atoms with Gasteiger partial charge in [-0.15, -0.1) is 0 Å². The summed E-state index contributed by atoms with van der Waals surface area (Å²) in [6.45, 7) is 0.182. The molecule has 0 radical (unpaired) electrons. The van der Waals surface area contributed by atoms with Crippen LogP contribution in [0.3, 0.4) is 0 Å². The monoisotopic (exact) mass is 472 g/mol. The van der Waals surface area contributed by atoms with Gasteiger partial charge in [0.05, 0.1) is 12.1 Å². The molecule has 0 saturated carbocycles. The van der Waals surface area contributed by atoms with Gasteiger partial charge in [-0.05, 0) is 23.1 Å². The molecule has 0 heterocycles. The average molecular weight is 473 g/mol. The van der Waals surface area contributed by atoms with Crippen LogP contribution in [0, 0.1) is 0 Å². The molecule has 35 heavy (non-hydrogen) atoms. The first-order valence-electron chi connectivity index (χ1n) is 11.2. The first kappa shape index (κ1) is 25.4. The number of aliphatic hydroxyl groups excluding tert-OH is 1. The highest BCUT2D eigenvalue weighted by molar-refractivity contribution is 6.23. The van der Waals surface area contributed by atoms with Crippen molar-refractivity contribution < 1.29 is 24.2 Å². The first-order valence-corrected chi connectivity index (χ1v) is 11.2. The van der Waals surface area contributed by atoms with E-state index in [1.54, 1.807) is 0 Å². The Hall–Kier alpha value is -4.26. The molecule has 1 unspecified atom stereocenters. The number of amides is 2. The van der Waals surface area contributed by atoms with E-state index in [9.17, 15) is 14.7 Å². The summed E-state index contributed by atoms with van der Waals surface area (Å²) >= 11 is 0. The highest BCUT2D eigenvalue weighted by Crippen LogP contribution is 2.11. The molecule has 8 heteroatoms. The molecule has 3 aromatic rings. The molecule has 0 aromatic heterocycles.